The molecule has 2 aromatic heterocycles. The van der Waals surface area contributed by atoms with Gasteiger partial charge in [0, 0.05) is 53.8 Å². The number of nitrogens with one attached hydrogen (secondary N) is 1. The van der Waals surface area contributed by atoms with Crippen LogP contribution in [0, 0.1) is 5.82 Å². The lowest BCUT2D eigenvalue weighted by Crippen LogP contribution is -2.35. The number of hydrogen-bond acceptors (Lipinski definition) is 7. The summed E-state index contributed by atoms with van der Waals surface area (Å²) in [6.07, 6.45) is 3.81. The Hall–Kier alpha value is -3.78. The molecule has 0 aliphatic carbocycles. The van der Waals surface area contributed by atoms with Crippen molar-refractivity contribution in [3.63, 3.8) is 0 Å². The first kappa shape index (κ1) is 31.6. The van der Waals surface area contributed by atoms with E-state index < -0.39 is 11.9 Å². The average Bonchev–Trinajstić information content (AvgIpc) is 3.75. The Labute approximate surface area is 268 Å². The molecule has 0 radical (unpaired) electrons. The number of likely N-dealkylation sites (tertiary alicyclic amines) is 1. The number of para-hydroxylation sites is 1. The summed E-state index contributed by atoms with van der Waals surface area (Å²) in [5, 5.41) is 3.68. The largest absolute Gasteiger partial charge is 0.469 e. The number of alkyl halides is 1. The van der Waals surface area contributed by atoms with Gasteiger partial charge in [-0.25, -0.2) is 9.37 Å². The van der Waals surface area contributed by atoms with Gasteiger partial charge in [-0.3, -0.25) is 14.4 Å². The first-order valence-electron chi connectivity index (χ1n) is 14.4. The molecule has 12 heteroatoms. The second-order valence-corrected chi connectivity index (χ2v) is 11.4. The van der Waals surface area contributed by atoms with Gasteiger partial charge in [0.25, 0.3) is 5.91 Å². The van der Waals surface area contributed by atoms with E-state index in [-0.39, 0.29) is 42.3 Å². The SMILES string of the molecule is CCO[C@H]1CCN(C(=O)Cc2cc(CI)c(NC(=O)c3cn(C)c4ccccc34)cc2F)[C@@H]1c1ncc(CCC(=O)OC)o1. The Bertz CT molecular complexity index is 1680. The number of nitrogens with zero attached hydrogens (tertiary/aromatic N) is 3. The zero-order chi connectivity index (χ0) is 31.4. The topological polar surface area (TPSA) is 116 Å². The highest BCUT2D eigenvalue weighted by Gasteiger charge is 2.41. The van der Waals surface area contributed by atoms with Gasteiger partial charge in [0.05, 0.1) is 37.8 Å². The standard InChI is InChI=1S/C32H34FIN4O6/c1-4-43-27-11-12-38(30(27)32-35-17-21(44-32)9-10-29(40)42-3)28(39)14-19-13-20(16-34)25(15-24(19)33)36-31(41)23-18-37(2)26-8-6-5-7-22(23)26/h5-8,13,15,17-18,27,30H,4,9-12,14,16H2,1-3H3,(H,36,41)/t27-,30-/m0/s1. The first-order valence-corrected chi connectivity index (χ1v) is 15.9. The molecule has 1 saturated heterocycles. The number of fused-ring (bicyclic) bond motifs is 1. The monoisotopic (exact) mass is 716 g/mol. The maximum Gasteiger partial charge on any atom is 0.305 e. The summed E-state index contributed by atoms with van der Waals surface area (Å²) in [4.78, 5) is 44.4. The van der Waals surface area contributed by atoms with Crippen molar-refractivity contribution < 1.29 is 32.7 Å². The summed E-state index contributed by atoms with van der Waals surface area (Å²) in [6.45, 7) is 2.72. The van der Waals surface area contributed by atoms with Gasteiger partial charge in [-0.2, -0.15) is 0 Å². The number of halogens is 2. The fourth-order valence-electron chi connectivity index (χ4n) is 5.64. The summed E-state index contributed by atoms with van der Waals surface area (Å²) in [5.74, 6) is -0.765. The highest BCUT2D eigenvalue weighted by Crippen LogP contribution is 2.35. The van der Waals surface area contributed by atoms with Crippen LogP contribution in [0.5, 0.6) is 0 Å². The average molecular weight is 717 g/mol. The lowest BCUT2D eigenvalue weighted by molar-refractivity contribution is -0.140. The van der Waals surface area contributed by atoms with E-state index >= 15 is 4.39 Å². The number of oxazole rings is 1. The number of ether oxygens (including phenoxy) is 2. The quantitative estimate of drug-likeness (QED) is 0.124. The van der Waals surface area contributed by atoms with Gasteiger partial charge in [0.2, 0.25) is 11.8 Å². The van der Waals surface area contributed by atoms with Crippen molar-refractivity contribution in [3.05, 3.63) is 83.0 Å². The summed E-state index contributed by atoms with van der Waals surface area (Å²) < 4.78 is 34.4. The van der Waals surface area contributed by atoms with Crippen LogP contribution in [0.2, 0.25) is 0 Å². The molecule has 1 fully saturated rings. The van der Waals surface area contributed by atoms with Gasteiger partial charge in [-0.1, -0.05) is 40.8 Å². The minimum atomic E-state index is -0.585. The van der Waals surface area contributed by atoms with E-state index in [0.29, 0.717) is 58.9 Å². The van der Waals surface area contributed by atoms with E-state index in [0.717, 1.165) is 10.9 Å². The molecule has 1 aliphatic rings. The molecule has 44 heavy (non-hydrogen) atoms. The molecule has 10 nitrogen and oxygen atoms in total. The molecular weight excluding hydrogens is 682 g/mol. The molecule has 0 bridgehead atoms. The predicted molar refractivity (Wildman–Crippen MR) is 170 cm³/mol. The maximum absolute atomic E-state index is 15.5. The molecule has 4 aromatic rings. The van der Waals surface area contributed by atoms with Gasteiger partial charge in [-0.05, 0) is 42.7 Å². The highest BCUT2D eigenvalue weighted by molar-refractivity contribution is 14.1. The van der Waals surface area contributed by atoms with E-state index in [1.54, 1.807) is 23.4 Å². The molecule has 0 saturated carbocycles. The molecule has 2 atom stereocenters. The number of methoxy groups -OCH3 is 1. The van der Waals surface area contributed by atoms with Crippen molar-refractivity contribution in [2.45, 2.75) is 49.2 Å². The number of anilines is 1. The fraction of sp³-hybridized carbons (Fsp3) is 0.375. The summed E-state index contributed by atoms with van der Waals surface area (Å²) in [6, 6.07) is 9.93. The van der Waals surface area contributed by atoms with E-state index in [1.165, 1.54) is 13.2 Å². The zero-order valence-electron chi connectivity index (χ0n) is 24.8. The van der Waals surface area contributed by atoms with Crippen LogP contribution >= 0.6 is 22.6 Å². The molecule has 2 amide bonds. The van der Waals surface area contributed by atoms with Gasteiger partial charge in [-0.15, -0.1) is 0 Å². The smallest absolute Gasteiger partial charge is 0.305 e. The van der Waals surface area contributed by atoms with Crippen LogP contribution in [-0.2, 0) is 43.4 Å². The first-order chi connectivity index (χ1) is 21.2. The fourth-order valence-corrected chi connectivity index (χ4v) is 6.27. The lowest BCUT2D eigenvalue weighted by atomic mass is 10.0. The van der Waals surface area contributed by atoms with Crippen molar-refractivity contribution in [2.75, 3.05) is 25.6 Å². The summed E-state index contributed by atoms with van der Waals surface area (Å²) in [7, 11) is 3.19. The van der Waals surface area contributed by atoms with Crippen molar-refractivity contribution in [1.29, 1.82) is 0 Å². The third-order valence-corrected chi connectivity index (χ3v) is 8.64. The van der Waals surface area contributed by atoms with Crippen LogP contribution in [0.1, 0.15) is 58.9 Å². The third-order valence-electron chi connectivity index (χ3n) is 7.82. The van der Waals surface area contributed by atoms with Crippen LogP contribution in [0.3, 0.4) is 0 Å². The summed E-state index contributed by atoms with van der Waals surface area (Å²) >= 11 is 2.16. The van der Waals surface area contributed by atoms with Crippen molar-refractivity contribution in [1.82, 2.24) is 14.5 Å². The molecule has 232 valence electrons. The number of carbonyl (C=O) groups excluding carboxylic acids is 3. The second kappa shape index (κ2) is 13.9. The number of carbonyl (C=O) groups is 3. The van der Waals surface area contributed by atoms with E-state index in [4.69, 9.17) is 13.9 Å². The Morgan fingerprint density at radius 2 is 2.00 bits per heavy atom. The predicted octanol–water partition coefficient (Wildman–Crippen LogP) is 5.52. The van der Waals surface area contributed by atoms with Gasteiger partial charge in [0.1, 0.15) is 17.6 Å². The number of aryl methyl sites for hydroxylation is 2. The number of esters is 1. The maximum atomic E-state index is 15.5. The van der Waals surface area contributed by atoms with Gasteiger partial charge in [0.15, 0.2) is 0 Å². The van der Waals surface area contributed by atoms with E-state index in [9.17, 15) is 14.4 Å². The highest BCUT2D eigenvalue weighted by atomic mass is 127. The Kier molecular flexibility index (Phi) is 9.99. The number of aromatic nitrogens is 2. The zero-order valence-corrected chi connectivity index (χ0v) is 26.9. The molecule has 5 rings (SSSR count). The number of benzene rings is 2. The van der Waals surface area contributed by atoms with Crippen LogP contribution in [0.15, 0.2) is 53.2 Å². The second-order valence-electron chi connectivity index (χ2n) is 10.6. The van der Waals surface area contributed by atoms with Crippen LogP contribution in [0.25, 0.3) is 10.9 Å². The van der Waals surface area contributed by atoms with E-state index in [1.807, 2.05) is 42.8 Å². The van der Waals surface area contributed by atoms with E-state index in [2.05, 4.69) is 32.9 Å². The summed E-state index contributed by atoms with van der Waals surface area (Å²) in [5.41, 5.74) is 2.71. The van der Waals surface area contributed by atoms with Crippen molar-refractivity contribution >= 4 is 57.0 Å². The van der Waals surface area contributed by atoms with Crippen LogP contribution in [0.4, 0.5) is 10.1 Å². The normalized spacial score (nSPS) is 16.4. The molecule has 1 N–H and O–H groups in total. The van der Waals surface area contributed by atoms with Gasteiger partial charge >= 0.3 is 5.97 Å². The minimum absolute atomic E-state index is 0.143. The molecular formula is C32H34FIN4O6. The van der Waals surface area contributed by atoms with Gasteiger partial charge < -0.3 is 28.7 Å². The number of amides is 2. The van der Waals surface area contributed by atoms with Crippen LogP contribution < -0.4 is 5.32 Å². The number of hydrogen-bond donors (Lipinski definition) is 1. The Morgan fingerprint density at radius 1 is 1.20 bits per heavy atom. The Morgan fingerprint density at radius 3 is 2.75 bits per heavy atom. The molecule has 0 unspecified atom stereocenters. The van der Waals surface area contributed by atoms with Crippen LogP contribution in [-0.4, -0.2) is 58.6 Å². The molecule has 1 aliphatic heterocycles. The number of rotatable bonds is 11. The van der Waals surface area contributed by atoms with Crippen molar-refractivity contribution in [2.24, 2.45) is 7.05 Å². The minimum Gasteiger partial charge on any atom is -0.469 e. The molecule has 2 aromatic carbocycles. The molecule has 3 heterocycles. The molecule has 0 spiro atoms. The third kappa shape index (κ3) is 6.65. The Balaban J connectivity index is 1.34. The van der Waals surface area contributed by atoms with Crippen molar-refractivity contribution in [3.8, 4) is 0 Å². The lowest BCUT2D eigenvalue weighted by Gasteiger charge is -2.26.